The van der Waals surface area contributed by atoms with Gasteiger partial charge in [0, 0.05) is 29.1 Å². The van der Waals surface area contributed by atoms with Crippen molar-refractivity contribution in [3.05, 3.63) is 35.9 Å². The van der Waals surface area contributed by atoms with E-state index in [4.69, 9.17) is 0 Å². The number of carbonyl (C=O) groups excluding carboxylic acids is 1. The van der Waals surface area contributed by atoms with Crippen LogP contribution in [0, 0.1) is 17.2 Å². The van der Waals surface area contributed by atoms with E-state index in [1.54, 1.807) is 0 Å². The van der Waals surface area contributed by atoms with E-state index in [0.29, 0.717) is 18.2 Å². The van der Waals surface area contributed by atoms with Crippen molar-refractivity contribution in [1.82, 2.24) is 5.32 Å². The fourth-order valence-corrected chi connectivity index (χ4v) is 4.65. The molecule has 0 aromatic heterocycles. The lowest BCUT2D eigenvalue weighted by Gasteiger charge is -2.21. The Balaban J connectivity index is 1.81. The third kappa shape index (κ3) is 4.77. The largest absolute Gasteiger partial charge is 0.354 e. The van der Waals surface area contributed by atoms with Crippen LogP contribution in [0.15, 0.2) is 30.3 Å². The molecule has 0 aliphatic carbocycles. The molecule has 1 heterocycles. The van der Waals surface area contributed by atoms with Gasteiger partial charge in [-0.3, -0.25) is 4.79 Å². The molecule has 5 heteroatoms. The minimum absolute atomic E-state index is 0.146. The summed E-state index contributed by atoms with van der Waals surface area (Å²) >= 11 is 3.84. The van der Waals surface area contributed by atoms with Gasteiger partial charge in [-0.25, -0.2) is 0 Å². The molecule has 1 fully saturated rings. The predicted molar refractivity (Wildman–Crippen MR) is 85.8 cm³/mol. The Hall–Kier alpha value is -1.12. The Morgan fingerprint density at radius 3 is 2.85 bits per heavy atom. The fourth-order valence-electron chi connectivity index (χ4n) is 2.04. The number of hydrogen-bond donors (Lipinski definition) is 1. The van der Waals surface area contributed by atoms with Crippen molar-refractivity contribution in [2.75, 3.05) is 23.8 Å². The zero-order valence-corrected chi connectivity index (χ0v) is 12.9. The molecule has 1 aliphatic heterocycles. The molecule has 1 aromatic carbocycles. The number of benzene rings is 1. The number of nitrogens with zero attached hydrogens (tertiary/aromatic N) is 1. The maximum absolute atomic E-state index is 12.1. The zero-order valence-electron chi connectivity index (χ0n) is 11.2. The first-order valence-electron chi connectivity index (χ1n) is 6.70. The highest BCUT2D eigenvalue weighted by Crippen LogP contribution is 2.23. The number of hydrogen-bond acceptors (Lipinski definition) is 4. The molecule has 1 amide bonds. The van der Waals surface area contributed by atoms with E-state index in [1.807, 2.05) is 53.9 Å². The van der Waals surface area contributed by atoms with Gasteiger partial charge in [0.15, 0.2) is 0 Å². The van der Waals surface area contributed by atoms with E-state index in [0.717, 1.165) is 17.1 Å². The fraction of sp³-hybridized carbons (Fsp3) is 0.467. The lowest BCUT2D eigenvalue weighted by atomic mass is 10.00. The van der Waals surface area contributed by atoms with Crippen molar-refractivity contribution in [3.8, 4) is 6.07 Å². The van der Waals surface area contributed by atoms with Gasteiger partial charge in [-0.2, -0.15) is 28.8 Å². The summed E-state index contributed by atoms with van der Waals surface area (Å²) in [4.78, 5) is 12.1. The lowest BCUT2D eigenvalue weighted by Crippen LogP contribution is -2.37. The lowest BCUT2D eigenvalue weighted by molar-refractivity contribution is -0.123. The SMILES string of the molecule is N#CC(Cc1ccccc1)C(=O)NCC1CSCCS1. The van der Waals surface area contributed by atoms with Gasteiger partial charge >= 0.3 is 0 Å². The van der Waals surface area contributed by atoms with Crippen molar-refractivity contribution in [1.29, 1.82) is 5.26 Å². The van der Waals surface area contributed by atoms with Gasteiger partial charge in [-0.1, -0.05) is 30.3 Å². The van der Waals surface area contributed by atoms with Gasteiger partial charge in [0.1, 0.15) is 5.92 Å². The summed E-state index contributed by atoms with van der Waals surface area (Å²) in [5, 5.41) is 12.6. The third-order valence-electron chi connectivity index (χ3n) is 3.14. The number of carbonyl (C=O) groups is 1. The molecular weight excluding hydrogens is 288 g/mol. The molecular formula is C15H18N2OS2. The minimum atomic E-state index is -0.598. The summed E-state index contributed by atoms with van der Waals surface area (Å²) in [5.74, 6) is 2.69. The highest BCUT2D eigenvalue weighted by atomic mass is 32.2. The van der Waals surface area contributed by atoms with Crippen LogP contribution in [-0.2, 0) is 11.2 Å². The first kappa shape index (κ1) is 15.3. The van der Waals surface area contributed by atoms with E-state index in [1.165, 1.54) is 5.75 Å². The number of rotatable bonds is 5. The second-order valence-electron chi connectivity index (χ2n) is 4.68. The van der Waals surface area contributed by atoms with E-state index in [-0.39, 0.29) is 5.91 Å². The maximum atomic E-state index is 12.1. The van der Waals surface area contributed by atoms with Crippen molar-refractivity contribution in [3.63, 3.8) is 0 Å². The smallest absolute Gasteiger partial charge is 0.237 e. The molecule has 1 saturated heterocycles. The normalized spacial score (nSPS) is 19.9. The summed E-state index contributed by atoms with van der Waals surface area (Å²) in [6.07, 6.45) is 0.482. The predicted octanol–water partition coefficient (Wildman–Crippen LogP) is 2.33. The van der Waals surface area contributed by atoms with Crippen molar-refractivity contribution >= 4 is 29.4 Å². The Morgan fingerprint density at radius 1 is 1.40 bits per heavy atom. The second-order valence-corrected chi connectivity index (χ2v) is 7.24. The summed E-state index contributed by atoms with van der Waals surface area (Å²) in [5.41, 5.74) is 1.02. The molecule has 0 saturated carbocycles. The van der Waals surface area contributed by atoms with Crippen LogP contribution in [0.5, 0.6) is 0 Å². The first-order chi connectivity index (χ1) is 9.79. The van der Waals surface area contributed by atoms with Crippen molar-refractivity contribution in [2.24, 2.45) is 5.92 Å². The van der Waals surface area contributed by atoms with Crippen molar-refractivity contribution < 1.29 is 4.79 Å². The molecule has 2 rings (SSSR count). The number of nitriles is 1. The first-order valence-corrected chi connectivity index (χ1v) is 8.90. The van der Waals surface area contributed by atoms with Crippen LogP contribution in [0.1, 0.15) is 5.56 Å². The van der Waals surface area contributed by atoms with Crippen LogP contribution in [0.4, 0.5) is 0 Å². The molecule has 2 unspecified atom stereocenters. The quantitative estimate of drug-likeness (QED) is 0.907. The van der Waals surface area contributed by atoms with Crippen molar-refractivity contribution in [2.45, 2.75) is 11.7 Å². The van der Waals surface area contributed by atoms with E-state index < -0.39 is 5.92 Å². The number of nitrogens with one attached hydrogen (secondary N) is 1. The molecule has 3 nitrogen and oxygen atoms in total. The summed E-state index contributed by atoms with van der Waals surface area (Å²) in [7, 11) is 0. The molecule has 20 heavy (non-hydrogen) atoms. The van der Waals surface area contributed by atoms with Gasteiger partial charge in [0.05, 0.1) is 6.07 Å². The monoisotopic (exact) mass is 306 g/mol. The molecule has 1 aromatic rings. The maximum Gasteiger partial charge on any atom is 0.237 e. The van der Waals surface area contributed by atoms with Crippen LogP contribution in [0.3, 0.4) is 0 Å². The third-order valence-corrected chi connectivity index (χ3v) is 5.99. The number of amides is 1. The molecule has 0 bridgehead atoms. The Labute approximate surface area is 128 Å². The van der Waals surface area contributed by atoms with Gasteiger partial charge < -0.3 is 5.32 Å². The van der Waals surface area contributed by atoms with E-state index in [2.05, 4.69) is 11.4 Å². The topological polar surface area (TPSA) is 52.9 Å². The van der Waals surface area contributed by atoms with Crippen LogP contribution < -0.4 is 5.32 Å². The second kappa shape index (κ2) is 8.23. The average molecular weight is 306 g/mol. The van der Waals surface area contributed by atoms with Gasteiger partial charge in [-0.05, 0) is 12.0 Å². The molecule has 1 aliphatic rings. The average Bonchev–Trinajstić information content (AvgIpc) is 2.52. The van der Waals surface area contributed by atoms with E-state index in [9.17, 15) is 10.1 Å². The molecule has 2 atom stereocenters. The highest BCUT2D eigenvalue weighted by Gasteiger charge is 2.20. The summed E-state index contributed by atoms with van der Waals surface area (Å²) in [6.45, 7) is 0.670. The van der Waals surface area contributed by atoms with Crippen LogP contribution in [-0.4, -0.2) is 35.0 Å². The van der Waals surface area contributed by atoms with Gasteiger partial charge in [-0.15, -0.1) is 0 Å². The minimum Gasteiger partial charge on any atom is -0.354 e. The molecule has 0 radical (unpaired) electrons. The zero-order chi connectivity index (χ0) is 14.2. The standard InChI is InChI=1S/C15H18N2OS2/c16-9-13(8-12-4-2-1-3-5-12)15(18)17-10-14-11-19-6-7-20-14/h1-5,13-14H,6-8,10-11H2,(H,17,18). The van der Waals surface area contributed by atoms with E-state index >= 15 is 0 Å². The Bertz CT molecular complexity index is 467. The number of thioether (sulfide) groups is 2. The molecule has 0 spiro atoms. The Kier molecular flexibility index (Phi) is 6.28. The summed E-state index contributed by atoms with van der Waals surface area (Å²) in [6, 6.07) is 11.8. The summed E-state index contributed by atoms with van der Waals surface area (Å²) < 4.78 is 0. The van der Waals surface area contributed by atoms with Gasteiger partial charge in [0.25, 0.3) is 0 Å². The molecule has 106 valence electrons. The van der Waals surface area contributed by atoms with Crippen LogP contribution in [0.25, 0.3) is 0 Å². The Morgan fingerprint density at radius 2 is 2.20 bits per heavy atom. The van der Waals surface area contributed by atoms with Gasteiger partial charge in [0.2, 0.25) is 5.91 Å². The molecule has 1 N–H and O–H groups in total. The van der Waals surface area contributed by atoms with Crippen LogP contribution in [0.2, 0.25) is 0 Å². The van der Waals surface area contributed by atoms with Crippen LogP contribution >= 0.6 is 23.5 Å². The highest BCUT2D eigenvalue weighted by molar-refractivity contribution is 8.06.